The van der Waals surface area contributed by atoms with Gasteiger partial charge < -0.3 is 19.9 Å². The molecule has 0 bridgehead atoms. The lowest BCUT2D eigenvalue weighted by Crippen LogP contribution is -2.52. The second-order valence-electron chi connectivity index (χ2n) is 8.31. The molecule has 2 heterocycles. The molecule has 0 amide bonds. The number of hydrogen-bond acceptors (Lipinski definition) is 8. The zero-order valence-corrected chi connectivity index (χ0v) is 18.3. The SMILES string of the molecule is CC(=O)OC[C@@]1(C#N)O[C@](n2ccc(N)nc2=O)([SiH](C)C)C[C@@H]1OC(C)(C)C. The van der Waals surface area contributed by atoms with Gasteiger partial charge in [-0.05, 0) is 26.8 Å². The molecule has 1 aromatic rings. The first kappa shape index (κ1) is 22.1. The van der Waals surface area contributed by atoms with E-state index in [-0.39, 0.29) is 18.8 Å². The van der Waals surface area contributed by atoms with Gasteiger partial charge in [0.2, 0.25) is 5.60 Å². The number of carbonyl (C=O) groups is 1. The Morgan fingerprint density at radius 3 is 2.64 bits per heavy atom. The van der Waals surface area contributed by atoms with Crippen molar-refractivity contribution in [3.8, 4) is 6.07 Å². The maximum atomic E-state index is 12.6. The van der Waals surface area contributed by atoms with Gasteiger partial charge in [-0.2, -0.15) is 10.2 Å². The number of anilines is 1. The predicted octanol–water partition coefficient (Wildman–Crippen LogP) is 0.934. The highest BCUT2D eigenvalue weighted by atomic mass is 28.3. The van der Waals surface area contributed by atoms with Crippen LogP contribution in [-0.4, -0.2) is 48.2 Å². The van der Waals surface area contributed by atoms with E-state index >= 15 is 0 Å². The van der Waals surface area contributed by atoms with E-state index in [9.17, 15) is 14.9 Å². The highest BCUT2D eigenvalue weighted by Crippen LogP contribution is 2.45. The Labute approximate surface area is 166 Å². The second kappa shape index (κ2) is 7.65. The van der Waals surface area contributed by atoms with Crippen LogP contribution in [0.15, 0.2) is 17.1 Å². The van der Waals surface area contributed by atoms with Crippen molar-refractivity contribution >= 4 is 20.6 Å². The number of esters is 1. The van der Waals surface area contributed by atoms with Crippen LogP contribution in [0.1, 0.15) is 34.1 Å². The van der Waals surface area contributed by atoms with E-state index in [0.29, 0.717) is 0 Å². The van der Waals surface area contributed by atoms with Gasteiger partial charge in [-0.15, -0.1) is 0 Å². The normalized spacial score (nSPS) is 27.6. The Bertz CT molecular complexity index is 844. The van der Waals surface area contributed by atoms with Gasteiger partial charge in [0, 0.05) is 19.5 Å². The molecule has 0 aliphatic carbocycles. The Hall–Kier alpha value is -2.22. The molecule has 1 aliphatic rings. The lowest BCUT2D eigenvalue weighted by atomic mass is 9.98. The first-order valence-electron chi connectivity index (χ1n) is 9.13. The number of nitrogens with two attached hydrogens (primary N) is 1. The van der Waals surface area contributed by atoms with Gasteiger partial charge in [-0.1, -0.05) is 13.1 Å². The Balaban J connectivity index is 2.61. The van der Waals surface area contributed by atoms with Crippen molar-refractivity contribution in [1.82, 2.24) is 9.55 Å². The predicted molar refractivity (Wildman–Crippen MR) is 105 cm³/mol. The van der Waals surface area contributed by atoms with Gasteiger partial charge in [0.05, 0.1) is 14.4 Å². The Morgan fingerprint density at radius 1 is 1.54 bits per heavy atom. The monoisotopic (exact) mass is 408 g/mol. The van der Waals surface area contributed by atoms with E-state index in [1.165, 1.54) is 23.8 Å². The van der Waals surface area contributed by atoms with E-state index in [1.54, 1.807) is 0 Å². The lowest BCUT2D eigenvalue weighted by Gasteiger charge is -2.35. The summed E-state index contributed by atoms with van der Waals surface area (Å²) in [5.41, 5.74) is 2.95. The topological polar surface area (TPSA) is 129 Å². The fraction of sp³-hybridized carbons (Fsp3) is 0.667. The molecule has 28 heavy (non-hydrogen) atoms. The van der Waals surface area contributed by atoms with E-state index in [0.717, 1.165) is 0 Å². The molecule has 2 N–H and O–H groups in total. The molecule has 0 radical (unpaired) electrons. The molecule has 1 saturated heterocycles. The Morgan fingerprint density at radius 2 is 2.18 bits per heavy atom. The Kier molecular flexibility index (Phi) is 6.03. The van der Waals surface area contributed by atoms with Crippen molar-refractivity contribution in [2.45, 2.75) is 69.9 Å². The largest absolute Gasteiger partial charge is 0.462 e. The molecule has 3 atom stereocenters. The minimum Gasteiger partial charge on any atom is -0.462 e. The highest BCUT2D eigenvalue weighted by Gasteiger charge is 2.61. The summed E-state index contributed by atoms with van der Waals surface area (Å²) < 4.78 is 19.0. The number of nitriles is 1. The van der Waals surface area contributed by atoms with Crippen LogP contribution in [0.2, 0.25) is 13.1 Å². The summed E-state index contributed by atoms with van der Waals surface area (Å²) in [5, 5.41) is 8.94. The van der Waals surface area contributed by atoms with Crippen LogP contribution < -0.4 is 11.4 Å². The molecule has 1 aliphatic heterocycles. The summed E-state index contributed by atoms with van der Waals surface area (Å²) in [6, 6.07) is 3.67. The molecular formula is C18H28N4O5Si. The minimum atomic E-state index is -1.79. The number of nitrogens with zero attached hydrogens (tertiary/aromatic N) is 3. The molecular weight excluding hydrogens is 380 g/mol. The number of ether oxygens (including phenoxy) is 3. The molecule has 0 saturated carbocycles. The van der Waals surface area contributed by atoms with Gasteiger partial charge in [0.15, 0.2) is 0 Å². The first-order valence-corrected chi connectivity index (χ1v) is 12.0. The van der Waals surface area contributed by atoms with Crippen LogP contribution in [0.4, 0.5) is 5.82 Å². The molecule has 0 aromatic carbocycles. The molecule has 9 nitrogen and oxygen atoms in total. The number of aromatic nitrogens is 2. The van der Waals surface area contributed by atoms with E-state index in [2.05, 4.69) is 11.1 Å². The molecule has 10 heteroatoms. The number of hydrogen-bond donors (Lipinski definition) is 1. The fourth-order valence-corrected chi connectivity index (χ4v) is 5.24. The van der Waals surface area contributed by atoms with Crippen LogP contribution >= 0.6 is 0 Å². The molecule has 1 fully saturated rings. The number of carbonyl (C=O) groups excluding carboxylic acids is 1. The number of nitrogen functional groups attached to an aromatic ring is 1. The molecule has 0 unspecified atom stereocenters. The van der Waals surface area contributed by atoms with Crippen LogP contribution in [0.3, 0.4) is 0 Å². The van der Waals surface area contributed by atoms with Crippen molar-refractivity contribution in [2.75, 3.05) is 12.3 Å². The third-order valence-corrected chi connectivity index (χ3v) is 7.10. The average molecular weight is 409 g/mol. The van der Waals surface area contributed by atoms with Crippen molar-refractivity contribution in [1.29, 1.82) is 5.26 Å². The standard InChI is InChI=1S/C18H28N4O5Si/c1-12(23)25-11-17(10-19)13(26-16(2,3)4)9-18(27-17,28(5)6)22-8-7-14(20)21-15(22)24/h7-8,13,28H,9,11H2,1-6H3,(H2,20,21,24)/t13-,17+,18-/m0/s1. The number of rotatable bonds is 5. The van der Waals surface area contributed by atoms with E-state index in [1.807, 2.05) is 33.9 Å². The molecule has 2 rings (SSSR count). The summed E-state index contributed by atoms with van der Waals surface area (Å²) in [5.74, 6) is -0.424. The third-order valence-electron chi connectivity index (χ3n) is 4.67. The van der Waals surface area contributed by atoms with Gasteiger partial charge in [0.1, 0.15) is 29.9 Å². The zero-order chi connectivity index (χ0) is 21.3. The average Bonchev–Trinajstić information content (AvgIpc) is 2.87. The molecule has 1 aromatic heterocycles. The van der Waals surface area contributed by atoms with Crippen LogP contribution in [-0.2, 0) is 24.4 Å². The van der Waals surface area contributed by atoms with Crippen molar-refractivity contribution in [2.24, 2.45) is 0 Å². The van der Waals surface area contributed by atoms with Crippen LogP contribution in [0.5, 0.6) is 0 Å². The smallest absolute Gasteiger partial charge is 0.351 e. The lowest BCUT2D eigenvalue weighted by molar-refractivity contribution is -0.170. The van der Waals surface area contributed by atoms with Gasteiger partial charge in [-0.25, -0.2) is 4.79 Å². The van der Waals surface area contributed by atoms with Crippen LogP contribution in [0, 0.1) is 11.3 Å². The van der Waals surface area contributed by atoms with E-state index in [4.69, 9.17) is 19.9 Å². The van der Waals surface area contributed by atoms with Crippen molar-refractivity contribution in [3.63, 3.8) is 0 Å². The maximum absolute atomic E-state index is 12.6. The summed E-state index contributed by atoms with van der Waals surface area (Å²) in [7, 11) is -1.79. The summed E-state index contributed by atoms with van der Waals surface area (Å²) in [6.07, 6.45) is 1.08. The zero-order valence-electron chi connectivity index (χ0n) is 17.2. The molecule has 154 valence electrons. The van der Waals surface area contributed by atoms with Crippen LogP contribution in [0.25, 0.3) is 0 Å². The quantitative estimate of drug-likeness (QED) is 0.563. The summed E-state index contributed by atoms with van der Waals surface area (Å²) >= 11 is 0. The van der Waals surface area contributed by atoms with Crippen molar-refractivity contribution in [3.05, 3.63) is 22.7 Å². The summed E-state index contributed by atoms with van der Waals surface area (Å²) in [4.78, 5) is 27.8. The molecule has 0 spiro atoms. The maximum Gasteiger partial charge on any atom is 0.351 e. The summed E-state index contributed by atoms with van der Waals surface area (Å²) in [6.45, 7) is 10.6. The van der Waals surface area contributed by atoms with E-state index < -0.39 is 43.1 Å². The highest BCUT2D eigenvalue weighted by molar-refractivity contribution is 6.58. The first-order chi connectivity index (χ1) is 12.8. The van der Waals surface area contributed by atoms with Gasteiger partial charge in [0.25, 0.3) is 0 Å². The van der Waals surface area contributed by atoms with Gasteiger partial charge >= 0.3 is 11.7 Å². The van der Waals surface area contributed by atoms with Crippen molar-refractivity contribution < 1.29 is 19.0 Å². The fourth-order valence-electron chi connectivity index (χ4n) is 3.36. The third kappa shape index (κ3) is 4.27. The second-order valence-corrected chi connectivity index (χ2v) is 11.5. The minimum absolute atomic E-state index is 0.105. The van der Waals surface area contributed by atoms with Gasteiger partial charge in [-0.3, -0.25) is 9.36 Å².